The quantitative estimate of drug-likeness (QED) is 0.338. The van der Waals surface area contributed by atoms with Gasteiger partial charge in [-0.15, -0.1) is 0 Å². The van der Waals surface area contributed by atoms with Crippen LogP contribution >= 0.6 is 11.8 Å². The highest BCUT2D eigenvalue weighted by Gasteiger charge is 2.51. The first-order chi connectivity index (χ1) is 16.1. The third kappa shape index (κ3) is 7.96. The van der Waals surface area contributed by atoms with E-state index in [9.17, 15) is 9.59 Å². The zero-order chi connectivity index (χ0) is 23.4. The number of Topliss-reactive ketones (excluding diaryl/α,β-unsaturated/α-hetero) is 1. The van der Waals surface area contributed by atoms with Crippen molar-refractivity contribution in [1.29, 1.82) is 0 Å². The fraction of sp³-hybridized carbons (Fsp3) is 0.926. The largest absolute Gasteiger partial charge is 0.365 e. The van der Waals surface area contributed by atoms with Crippen LogP contribution in [0.5, 0.6) is 0 Å². The van der Waals surface area contributed by atoms with Gasteiger partial charge in [0.1, 0.15) is 5.60 Å². The summed E-state index contributed by atoms with van der Waals surface area (Å²) in [5.74, 6) is 1.71. The fourth-order valence-corrected chi connectivity index (χ4v) is 6.72. The number of thioether (sulfide) groups is 1. The van der Waals surface area contributed by atoms with E-state index in [1.54, 1.807) is 11.8 Å². The Hall–Kier alpha value is -0.590. The molecule has 5 nitrogen and oxygen atoms in total. The van der Waals surface area contributed by atoms with Crippen LogP contribution in [-0.4, -0.2) is 53.5 Å². The number of rotatable bonds is 13. The zero-order valence-corrected chi connectivity index (χ0v) is 21.9. The van der Waals surface area contributed by atoms with Crippen molar-refractivity contribution in [3.63, 3.8) is 0 Å². The third-order valence-corrected chi connectivity index (χ3v) is 9.04. The number of carbonyl (C=O) groups is 2. The first-order valence-electron chi connectivity index (χ1n) is 13.9. The molecule has 2 aliphatic carbocycles. The molecule has 33 heavy (non-hydrogen) atoms. The van der Waals surface area contributed by atoms with Crippen LogP contribution in [0.4, 0.5) is 0 Å². The van der Waals surface area contributed by atoms with E-state index < -0.39 is 11.1 Å². The van der Waals surface area contributed by atoms with Crippen molar-refractivity contribution < 1.29 is 14.3 Å². The molecule has 4 fully saturated rings. The van der Waals surface area contributed by atoms with E-state index in [0.717, 1.165) is 12.2 Å². The van der Waals surface area contributed by atoms with E-state index in [4.69, 9.17) is 4.74 Å². The molecule has 0 unspecified atom stereocenters. The highest BCUT2D eigenvalue weighted by atomic mass is 32.2. The van der Waals surface area contributed by atoms with Gasteiger partial charge in [0.15, 0.2) is 5.78 Å². The maximum absolute atomic E-state index is 13.3. The van der Waals surface area contributed by atoms with Gasteiger partial charge in [0, 0.05) is 24.9 Å². The number of carbonyl (C=O) groups excluding carboxylic acids is 2. The molecule has 2 saturated heterocycles. The number of ether oxygens (including phenoxy) is 1. The van der Waals surface area contributed by atoms with Crippen LogP contribution in [0, 0.1) is 0 Å². The molecule has 0 aromatic carbocycles. The molecule has 0 aromatic heterocycles. The lowest BCUT2D eigenvalue weighted by molar-refractivity contribution is -0.157. The lowest BCUT2D eigenvalue weighted by Gasteiger charge is -2.46. The number of hydrogen-bond donors (Lipinski definition) is 2. The average molecular weight is 481 g/mol. The summed E-state index contributed by atoms with van der Waals surface area (Å²) in [5.41, 5.74) is -1.21. The van der Waals surface area contributed by atoms with Crippen molar-refractivity contribution in [3.05, 3.63) is 0 Å². The zero-order valence-electron chi connectivity index (χ0n) is 21.1. The molecule has 0 radical (unpaired) electrons. The Labute approximate surface area is 206 Å². The molecule has 0 spiro atoms. The highest BCUT2D eigenvalue weighted by Crippen LogP contribution is 2.40. The number of nitrogens with one attached hydrogen (secondary N) is 2. The van der Waals surface area contributed by atoms with E-state index >= 15 is 0 Å². The number of unbranched alkanes of at least 4 members (excludes halogenated alkanes) is 8. The summed E-state index contributed by atoms with van der Waals surface area (Å²) in [4.78, 5) is 26.5. The maximum atomic E-state index is 13.3. The van der Waals surface area contributed by atoms with Crippen molar-refractivity contribution in [2.45, 2.75) is 133 Å². The van der Waals surface area contributed by atoms with E-state index in [0.29, 0.717) is 56.4 Å². The third-order valence-electron chi connectivity index (χ3n) is 8.09. The van der Waals surface area contributed by atoms with Gasteiger partial charge in [-0.05, 0) is 44.9 Å². The van der Waals surface area contributed by atoms with Gasteiger partial charge in [0.05, 0.1) is 11.3 Å². The summed E-state index contributed by atoms with van der Waals surface area (Å²) < 4.78 is 6.39. The van der Waals surface area contributed by atoms with E-state index in [1.165, 1.54) is 77.0 Å². The van der Waals surface area contributed by atoms with E-state index in [1.807, 2.05) is 0 Å². The smallest absolute Gasteiger partial charge is 0.252 e. The minimum Gasteiger partial charge on any atom is -0.365 e. The SMILES string of the molecule is CCCCCCCCCCCOC12CCC(NC3CCCC3)(CC1)C(=O)CSCCNC2=O. The topological polar surface area (TPSA) is 67.4 Å². The van der Waals surface area contributed by atoms with Crippen LogP contribution in [0.25, 0.3) is 0 Å². The molecule has 1 amide bonds. The first kappa shape index (κ1) is 27.0. The van der Waals surface area contributed by atoms with Crippen LogP contribution in [0.1, 0.15) is 116 Å². The Morgan fingerprint density at radius 2 is 1.58 bits per heavy atom. The molecule has 2 aliphatic heterocycles. The Kier molecular flexibility index (Phi) is 11.5. The minimum absolute atomic E-state index is 0.0443. The van der Waals surface area contributed by atoms with Crippen molar-refractivity contribution >= 4 is 23.5 Å². The standard InChI is InChI=1S/C27H48N2O3S/c1-2-3-4-5-6-7-8-9-12-20-32-27-17-15-26(16-18-27,29-23-13-10-11-14-23)24(30)22-33-21-19-28-25(27)31/h23,29H,2-22H2,1H3,(H,28,31). The molecule has 2 bridgehead atoms. The van der Waals surface area contributed by atoms with Crippen LogP contribution in [0.3, 0.4) is 0 Å². The maximum Gasteiger partial charge on any atom is 0.252 e. The molecule has 2 saturated carbocycles. The summed E-state index contributed by atoms with van der Waals surface area (Å²) in [6, 6.07) is 0.452. The second-order valence-electron chi connectivity index (χ2n) is 10.6. The molecule has 4 aliphatic rings. The molecule has 6 heteroatoms. The molecule has 0 atom stereocenters. The van der Waals surface area contributed by atoms with Crippen molar-refractivity contribution in [3.8, 4) is 0 Å². The molecular formula is C27H48N2O3S. The van der Waals surface area contributed by atoms with Crippen LogP contribution in [-0.2, 0) is 14.3 Å². The lowest BCUT2D eigenvalue weighted by atomic mass is 9.71. The van der Waals surface area contributed by atoms with Gasteiger partial charge in [0.25, 0.3) is 5.91 Å². The predicted molar refractivity (Wildman–Crippen MR) is 138 cm³/mol. The van der Waals surface area contributed by atoms with E-state index in [-0.39, 0.29) is 5.91 Å². The second-order valence-corrected chi connectivity index (χ2v) is 11.7. The Morgan fingerprint density at radius 1 is 0.939 bits per heavy atom. The molecular weight excluding hydrogens is 432 g/mol. The van der Waals surface area contributed by atoms with Crippen LogP contribution in [0.15, 0.2) is 0 Å². The van der Waals surface area contributed by atoms with Gasteiger partial charge in [-0.25, -0.2) is 0 Å². The number of hydrogen-bond acceptors (Lipinski definition) is 5. The van der Waals surface area contributed by atoms with Gasteiger partial charge in [-0.3, -0.25) is 9.59 Å². The number of fused-ring (bicyclic) bond motifs is 8. The molecule has 190 valence electrons. The van der Waals surface area contributed by atoms with Gasteiger partial charge in [-0.2, -0.15) is 11.8 Å². The molecule has 0 aromatic rings. The Morgan fingerprint density at radius 3 is 2.24 bits per heavy atom. The lowest BCUT2D eigenvalue weighted by Crippen LogP contribution is -2.62. The van der Waals surface area contributed by atoms with Crippen LogP contribution < -0.4 is 10.6 Å². The van der Waals surface area contributed by atoms with Crippen LogP contribution in [0.2, 0.25) is 0 Å². The summed E-state index contributed by atoms with van der Waals surface area (Å²) in [6.45, 7) is 3.52. The molecule has 2 N–H and O–H groups in total. The summed E-state index contributed by atoms with van der Waals surface area (Å²) in [6.07, 6.45) is 19.1. The fourth-order valence-electron chi connectivity index (χ4n) is 5.86. The second kappa shape index (κ2) is 14.1. The Bertz CT molecular complexity index is 598. The predicted octanol–water partition coefficient (Wildman–Crippen LogP) is 5.55. The van der Waals surface area contributed by atoms with Gasteiger partial charge in [-0.1, -0.05) is 71.1 Å². The van der Waals surface area contributed by atoms with Gasteiger partial charge >= 0.3 is 0 Å². The van der Waals surface area contributed by atoms with Crippen molar-refractivity contribution in [1.82, 2.24) is 10.6 Å². The van der Waals surface area contributed by atoms with Gasteiger partial charge in [0.2, 0.25) is 0 Å². The Balaban J connectivity index is 1.51. The summed E-state index contributed by atoms with van der Waals surface area (Å²) in [7, 11) is 0. The van der Waals surface area contributed by atoms with Gasteiger partial charge < -0.3 is 15.4 Å². The normalized spacial score (nSPS) is 29.2. The van der Waals surface area contributed by atoms with E-state index in [2.05, 4.69) is 17.6 Å². The molecule has 4 rings (SSSR count). The highest BCUT2D eigenvalue weighted by molar-refractivity contribution is 7.99. The molecule has 2 heterocycles. The minimum atomic E-state index is -0.754. The summed E-state index contributed by atoms with van der Waals surface area (Å²) >= 11 is 1.65. The average Bonchev–Trinajstić information content (AvgIpc) is 3.32. The number of amides is 1. The monoisotopic (exact) mass is 480 g/mol. The van der Waals surface area contributed by atoms with Crippen molar-refractivity contribution in [2.24, 2.45) is 0 Å². The summed E-state index contributed by atoms with van der Waals surface area (Å²) in [5, 5.41) is 6.91. The first-order valence-corrected chi connectivity index (χ1v) is 15.1. The van der Waals surface area contributed by atoms with Crippen molar-refractivity contribution in [2.75, 3.05) is 24.7 Å². The number of ketones is 1.